The number of nitrogens with zero attached hydrogens (tertiary/aromatic N) is 1. The number of carbonyl (C=O) groups excluding carboxylic acids is 1. The van der Waals surface area contributed by atoms with Gasteiger partial charge >= 0.3 is 0 Å². The molecule has 2 fully saturated rings. The van der Waals surface area contributed by atoms with E-state index in [4.69, 9.17) is 4.74 Å². The molecule has 0 radical (unpaired) electrons. The highest BCUT2D eigenvalue weighted by atomic mass is 16.5. The first-order valence-electron chi connectivity index (χ1n) is 7.15. The first-order chi connectivity index (χ1) is 9.32. The van der Waals surface area contributed by atoms with E-state index in [9.17, 15) is 4.79 Å². The fourth-order valence-electron chi connectivity index (χ4n) is 2.87. The summed E-state index contributed by atoms with van der Waals surface area (Å²) in [6.07, 6.45) is 8.52. The molecular formula is C16H19NO2. The molecule has 0 aliphatic heterocycles. The van der Waals surface area contributed by atoms with E-state index in [1.54, 1.807) is 6.08 Å². The van der Waals surface area contributed by atoms with Crippen LogP contribution in [-0.2, 0) is 10.3 Å². The molecule has 0 N–H and O–H groups in total. The van der Waals surface area contributed by atoms with Gasteiger partial charge in [0.15, 0.2) is 0 Å². The van der Waals surface area contributed by atoms with Crippen LogP contribution in [0.5, 0.6) is 5.75 Å². The number of hydrogen-bond acceptors (Lipinski definition) is 3. The standard InChI is InChI=1S/C16H19NO2/c18-12-17-16(9-1-2-10-16)14-5-7-15(8-6-14)19-11-13-3-4-13/h5-8,13H,1-4,9-11H2. The van der Waals surface area contributed by atoms with E-state index < -0.39 is 0 Å². The van der Waals surface area contributed by atoms with Gasteiger partial charge in [-0.1, -0.05) is 25.0 Å². The number of ether oxygens (including phenoxy) is 1. The predicted octanol–water partition coefficient (Wildman–Crippen LogP) is 3.58. The highest BCUT2D eigenvalue weighted by Crippen LogP contribution is 2.42. The molecule has 2 aliphatic rings. The Morgan fingerprint density at radius 3 is 2.47 bits per heavy atom. The molecule has 2 aliphatic carbocycles. The molecule has 0 atom stereocenters. The first kappa shape index (κ1) is 12.4. The molecule has 0 aromatic heterocycles. The molecule has 0 unspecified atom stereocenters. The second kappa shape index (κ2) is 5.18. The summed E-state index contributed by atoms with van der Waals surface area (Å²) in [5.41, 5.74) is 0.795. The van der Waals surface area contributed by atoms with Crippen molar-refractivity contribution in [1.29, 1.82) is 0 Å². The van der Waals surface area contributed by atoms with Crippen molar-refractivity contribution < 1.29 is 9.53 Å². The molecule has 19 heavy (non-hydrogen) atoms. The minimum absolute atomic E-state index is 0.323. The smallest absolute Gasteiger partial charge is 0.235 e. The predicted molar refractivity (Wildman–Crippen MR) is 72.9 cm³/mol. The number of isocyanates is 1. The van der Waals surface area contributed by atoms with Crippen molar-refractivity contribution in [1.82, 2.24) is 0 Å². The van der Waals surface area contributed by atoms with Gasteiger partial charge in [0.2, 0.25) is 6.08 Å². The van der Waals surface area contributed by atoms with E-state index in [1.807, 2.05) is 24.3 Å². The van der Waals surface area contributed by atoms with Crippen LogP contribution in [0.4, 0.5) is 0 Å². The molecule has 100 valence electrons. The van der Waals surface area contributed by atoms with E-state index in [2.05, 4.69) is 4.99 Å². The van der Waals surface area contributed by atoms with E-state index in [-0.39, 0.29) is 5.54 Å². The summed E-state index contributed by atoms with van der Waals surface area (Å²) in [5, 5.41) is 0. The number of aliphatic imine (C=N–C) groups is 1. The van der Waals surface area contributed by atoms with Gasteiger partial charge in [0, 0.05) is 0 Å². The molecule has 2 saturated carbocycles. The van der Waals surface area contributed by atoms with Gasteiger partial charge in [0.1, 0.15) is 5.75 Å². The van der Waals surface area contributed by atoms with Crippen molar-refractivity contribution in [3.05, 3.63) is 29.8 Å². The minimum Gasteiger partial charge on any atom is -0.493 e. The van der Waals surface area contributed by atoms with E-state index >= 15 is 0 Å². The fourth-order valence-corrected chi connectivity index (χ4v) is 2.87. The topological polar surface area (TPSA) is 38.7 Å². The first-order valence-corrected chi connectivity index (χ1v) is 7.15. The highest BCUT2D eigenvalue weighted by molar-refractivity contribution is 5.40. The van der Waals surface area contributed by atoms with Gasteiger partial charge < -0.3 is 4.74 Å². The van der Waals surface area contributed by atoms with Crippen LogP contribution in [0.2, 0.25) is 0 Å². The van der Waals surface area contributed by atoms with Gasteiger partial charge in [0.05, 0.1) is 12.1 Å². The largest absolute Gasteiger partial charge is 0.493 e. The van der Waals surface area contributed by atoms with Crippen LogP contribution in [0.3, 0.4) is 0 Å². The summed E-state index contributed by atoms with van der Waals surface area (Å²) >= 11 is 0. The van der Waals surface area contributed by atoms with Crippen LogP contribution >= 0.6 is 0 Å². The molecule has 0 bridgehead atoms. The van der Waals surface area contributed by atoms with Crippen molar-refractivity contribution in [3.8, 4) is 5.75 Å². The Labute approximate surface area is 113 Å². The lowest BCUT2D eigenvalue weighted by atomic mass is 9.89. The Morgan fingerprint density at radius 1 is 1.21 bits per heavy atom. The molecule has 3 rings (SSSR count). The summed E-state index contributed by atoms with van der Waals surface area (Å²) in [7, 11) is 0. The monoisotopic (exact) mass is 257 g/mol. The average molecular weight is 257 g/mol. The molecular weight excluding hydrogens is 238 g/mol. The summed E-state index contributed by atoms with van der Waals surface area (Å²) in [5.74, 6) is 1.68. The molecule has 0 heterocycles. The lowest BCUT2D eigenvalue weighted by Crippen LogP contribution is -2.18. The SMILES string of the molecule is O=C=NC1(c2ccc(OCC3CC3)cc2)CCCC1. The van der Waals surface area contributed by atoms with Gasteiger partial charge in [-0.25, -0.2) is 4.79 Å². The lowest BCUT2D eigenvalue weighted by Gasteiger charge is -2.23. The Morgan fingerprint density at radius 2 is 1.89 bits per heavy atom. The van der Waals surface area contributed by atoms with Crippen molar-refractivity contribution in [3.63, 3.8) is 0 Å². The van der Waals surface area contributed by atoms with Crippen molar-refractivity contribution >= 4 is 6.08 Å². The fraction of sp³-hybridized carbons (Fsp3) is 0.562. The van der Waals surface area contributed by atoms with E-state index in [1.165, 1.54) is 12.8 Å². The summed E-state index contributed by atoms with van der Waals surface area (Å²) in [4.78, 5) is 14.8. The maximum Gasteiger partial charge on any atom is 0.235 e. The summed E-state index contributed by atoms with van der Waals surface area (Å²) in [6, 6.07) is 8.10. The van der Waals surface area contributed by atoms with Crippen LogP contribution in [0, 0.1) is 5.92 Å². The van der Waals surface area contributed by atoms with Gasteiger partial charge in [-0.15, -0.1) is 0 Å². The normalized spacial score (nSPS) is 20.8. The Balaban J connectivity index is 1.74. The quantitative estimate of drug-likeness (QED) is 0.597. The van der Waals surface area contributed by atoms with Crippen molar-refractivity contribution in [2.75, 3.05) is 6.61 Å². The van der Waals surface area contributed by atoms with Crippen molar-refractivity contribution in [2.45, 2.75) is 44.1 Å². The second-order valence-corrected chi connectivity index (χ2v) is 5.72. The molecule has 3 nitrogen and oxygen atoms in total. The zero-order chi connectivity index (χ0) is 13.1. The molecule has 1 aromatic rings. The molecule has 1 aromatic carbocycles. The molecule has 0 saturated heterocycles. The van der Waals surface area contributed by atoms with Crippen LogP contribution in [0.1, 0.15) is 44.1 Å². The van der Waals surface area contributed by atoms with Gasteiger partial charge in [-0.2, -0.15) is 4.99 Å². The van der Waals surface area contributed by atoms with Crippen LogP contribution in [-0.4, -0.2) is 12.7 Å². The van der Waals surface area contributed by atoms with Gasteiger partial charge in [0.25, 0.3) is 0 Å². The minimum atomic E-state index is -0.323. The Hall–Kier alpha value is -1.60. The third-order valence-electron chi connectivity index (χ3n) is 4.26. The molecule has 3 heteroatoms. The zero-order valence-corrected chi connectivity index (χ0v) is 11.1. The van der Waals surface area contributed by atoms with Crippen LogP contribution in [0.15, 0.2) is 29.3 Å². The molecule has 0 spiro atoms. The lowest BCUT2D eigenvalue weighted by molar-refractivity contribution is 0.299. The van der Waals surface area contributed by atoms with Crippen LogP contribution < -0.4 is 4.74 Å². The third kappa shape index (κ3) is 2.71. The van der Waals surface area contributed by atoms with Gasteiger partial charge in [-0.05, 0) is 49.3 Å². The van der Waals surface area contributed by atoms with E-state index in [0.29, 0.717) is 0 Å². The van der Waals surface area contributed by atoms with Gasteiger partial charge in [-0.3, -0.25) is 0 Å². The summed E-state index contributed by atoms with van der Waals surface area (Å²) in [6.45, 7) is 0.830. The molecule has 0 amide bonds. The Kier molecular flexibility index (Phi) is 3.39. The Bertz CT molecular complexity index is 478. The third-order valence-corrected chi connectivity index (χ3v) is 4.26. The maximum absolute atomic E-state index is 10.7. The maximum atomic E-state index is 10.7. The number of hydrogen-bond donors (Lipinski definition) is 0. The number of rotatable bonds is 5. The van der Waals surface area contributed by atoms with Crippen molar-refractivity contribution in [2.24, 2.45) is 10.9 Å². The second-order valence-electron chi connectivity index (χ2n) is 5.72. The number of benzene rings is 1. The average Bonchev–Trinajstić information content (AvgIpc) is 3.16. The van der Waals surface area contributed by atoms with E-state index in [0.717, 1.165) is 49.5 Å². The zero-order valence-electron chi connectivity index (χ0n) is 11.1. The highest BCUT2D eigenvalue weighted by Gasteiger charge is 2.35. The summed E-state index contributed by atoms with van der Waals surface area (Å²) < 4.78 is 5.73. The van der Waals surface area contributed by atoms with Crippen LogP contribution in [0.25, 0.3) is 0 Å².